The first-order valence-electron chi connectivity index (χ1n) is 9.85. The molecule has 0 aliphatic heterocycles. The number of benzene rings is 4. The minimum atomic E-state index is -0.495. The van der Waals surface area contributed by atoms with Crippen molar-refractivity contribution in [1.82, 2.24) is 0 Å². The van der Waals surface area contributed by atoms with Crippen LogP contribution in [0.3, 0.4) is 0 Å². The summed E-state index contributed by atoms with van der Waals surface area (Å²) >= 11 is 0. The normalized spacial score (nSPS) is 10.4. The van der Waals surface area contributed by atoms with Crippen LogP contribution >= 0.6 is 0 Å². The monoisotopic (exact) mass is 408 g/mol. The van der Waals surface area contributed by atoms with Crippen molar-refractivity contribution in [2.75, 3.05) is 0 Å². The summed E-state index contributed by atoms with van der Waals surface area (Å²) in [6.07, 6.45) is 0. The van der Waals surface area contributed by atoms with Gasteiger partial charge in [0, 0.05) is 0 Å². The molecule has 31 heavy (non-hydrogen) atoms. The van der Waals surface area contributed by atoms with Gasteiger partial charge in [-0.15, -0.1) is 0 Å². The molecule has 0 N–H and O–H groups in total. The number of rotatable bonds is 5. The molecule has 0 spiro atoms. The van der Waals surface area contributed by atoms with E-state index in [4.69, 9.17) is 9.47 Å². The Hall–Kier alpha value is -4.18. The summed E-state index contributed by atoms with van der Waals surface area (Å²) in [6.45, 7) is 1.96. The number of carbonyl (C=O) groups excluding carboxylic acids is 2. The lowest BCUT2D eigenvalue weighted by Crippen LogP contribution is -2.11. The molecule has 4 aromatic rings. The summed E-state index contributed by atoms with van der Waals surface area (Å²) in [7, 11) is 0. The van der Waals surface area contributed by atoms with Crippen LogP contribution in [0.1, 0.15) is 26.3 Å². The van der Waals surface area contributed by atoms with Gasteiger partial charge in [-0.1, -0.05) is 60.2 Å². The fourth-order valence-electron chi connectivity index (χ4n) is 3.03. The van der Waals surface area contributed by atoms with Gasteiger partial charge in [0.2, 0.25) is 0 Å². The number of carbonyl (C=O) groups is 2. The van der Waals surface area contributed by atoms with Gasteiger partial charge in [0.05, 0.1) is 11.1 Å². The molecular formula is C27H20O4. The highest BCUT2D eigenvalue weighted by Crippen LogP contribution is 2.23. The fourth-order valence-corrected chi connectivity index (χ4v) is 3.03. The van der Waals surface area contributed by atoms with Crippen molar-refractivity contribution in [3.63, 3.8) is 0 Å². The molecule has 0 radical (unpaired) electrons. The van der Waals surface area contributed by atoms with Crippen molar-refractivity contribution in [1.29, 1.82) is 0 Å². The van der Waals surface area contributed by atoms with E-state index in [-0.39, 0.29) is 0 Å². The highest BCUT2D eigenvalue weighted by atomic mass is 16.5. The lowest BCUT2D eigenvalue weighted by atomic mass is 10.1. The summed E-state index contributed by atoms with van der Waals surface area (Å²) < 4.78 is 10.8. The number of hydrogen-bond acceptors (Lipinski definition) is 4. The first-order valence-corrected chi connectivity index (χ1v) is 9.85. The third-order valence-electron chi connectivity index (χ3n) is 4.76. The topological polar surface area (TPSA) is 52.6 Å². The van der Waals surface area contributed by atoms with Crippen LogP contribution in [0.2, 0.25) is 0 Å². The Morgan fingerprint density at radius 2 is 0.935 bits per heavy atom. The van der Waals surface area contributed by atoms with Gasteiger partial charge < -0.3 is 9.47 Å². The third-order valence-corrected chi connectivity index (χ3v) is 4.76. The molecule has 4 rings (SSSR count). The molecule has 4 nitrogen and oxygen atoms in total. The predicted octanol–water partition coefficient (Wildman–Crippen LogP) is 6.10. The highest BCUT2D eigenvalue weighted by molar-refractivity contribution is 5.94. The van der Waals surface area contributed by atoms with Gasteiger partial charge in [-0.25, -0.2) is 9.59 Å². The van der Waals surface area contributed by atoms with Crippen molar-refractivity contribution in [3.8, 4) is 22.6 Å². The molecule has 0 amide bonds. The van der Waals surface area contributed by atoms with Crippen molar-refractivity contribution >= 4 is 11.9 Å². The van der Waals surface area contributed by atoms with Gasteiger partial charge in [-0.2, -0.15) is 0 Å². The maximum absolute atomic E-state index is 12.4. The van der Waals surface area contributed by atoms with Crippen LogP contribution in [-0.2, 0) is 0 Å². The molecule has 0 saturated heterocycles. The Labute approximate surface area is 180 Å². The molecule has 0 aliphatic carbocycles. The Morgan fingerprint density at radius 1 is 0.516 bits per heavy atom. The van der Waals surface area contributed by atoms with Crippen LogP contribution in [0.4, 0.5) is 0 Å². The first kappa shape index (κ1) is 20.1. The molecule has 0 fully saturated rings. The predicted molar refractivity (Wildman–Crippen MR) is 119 cm³/mol. The number of esters is 2. The largest absolute Gasteiger partial charge is 0.423 e. The van der Waals surface area contributed by atoms with Crippen molar-refractivity contribution in [2.24, 2.45) is 0 Å². The molecular weight excluding hydrogens is 388 g/mol. The molecule has 0 unspecified atom stereocenters. The average molecular weight is 408 g/mol. The maximum Gasteiger partial charge on any atom is 0.343 e. The zero-order valence-corrected chi connectivity index (χ0v) is 16.9. The number of hydrogen-bond donors (Lipinski definition) is 0. The maximum atomic E-state index is 12.4. The summed E-state index contributed by atoms with van der Waals surface area (Å²) in [4.78, 5) is 24.7. The highest BCUT2D eigenvalue weighted by Gasteiger charge is 2.12. The van der Waals surface area contributed by atoms with Crippen molar-refractivity contribution in [2.45, 2.75) is 6.92 Å². The molecule has 0 aromatic heterocycles. The van der Waals surface area contributed by atoms with Gasteiger partial charge in [-0.3, -0.25) is 0 Å². The van der Waals surface area contributed by atoms with E-state index in [9.17, 15) is 9.59 Å². The Bertz CT molecular complexity index is 1180. The second-order valence-electron chi connectivity index (χ2n) is 7.06. The summed E-state index contributed by atoms with van der Waals surface area (Å²) in [5.74, 6) is -0.0586. The Balaban J connectivity index is 1.39. The smallest absolute Gasteiger partial charge is 0.343 e. The second-order valence-corrected chi connectivity index (χ2v) is 7.06. The molecule has 4 heteroatoms. The third kappa shape index (κ3) is 5.06. The molecule has 0 bridgehead atoms. The van der Waals surface area contributed by atoms with Crippen molar-refractivity contribution in [3.05, 3.63) is 120 Å². The van der Waals surface area contributed by atoms with E-state index in [0.717, 1.165) is 16.7 Å². The van der Waals surface area contributed by atoms with Gasteiger partial charge in [0.15, 0.2) is 0 Å². The molecule has 152 valence electrons. The van der Waals surface area contributed by atoms with E-state index in [2.05, 4.69) is 0 Å². The standard InChI is InChI=1S/C27H20O4/c1-19-7-15-24(16-8-19)30-26(28)22-9-11-23(12-10-22)27(29)31-25-17-13-21(14-18-25)20-5-3-2-4-6-20/h2-18H,1H3. The lowest BCUT2D eigenvalue weighted by Gasteiger charge is -2.07. The Kier molecular flexibility index (Phi) is 5.90. The molecule has 4 aromatic carbocycles. The SMILES string of the molecule is Cc1ccc(OC(=O)c2ccc(C(=O)Oc3ccc(-c4ccccc4)cc3)cc2)cc1. The Morgan fingerprint density at radius 3 is 1.42 bits per heavy atom. The minimum absolute atomic E-state index is 0.346. The molecule has 0 heterocycles. The number of aryl methyl sites for hydroxylation is 1. The molecule has 0 aliphatic rings. The van der Waals surface area contributed by atoms with Crippen LogP contribution in [0.5, 0.6) is 11.5 Å². The van der Waals surface area contributed by atoms with Crippen LogP contribution in [-0.4, -0.2) is 11.9 Å². The van der Waals surface area contributed by atoms with E-state index >= 15 is 0 Å². The zero-order valence-electron chi connectivity index (χ0n) is 16.9. The summed E-state index contributed by atoms with van der Waals surface area (Å²) in [6, 6.07) is 30.7. The second kappa shape index (κ2) is 9.09. The van der Waals surface area contributed by atoms with Gasteiger partial charge in [-0.05, 0) is 66.6 Å². The van der Waals surface area contributed by atoms with Crippen LogP contribution < -0.4 is 9.47 Å². The number of ether oxygens (including phenoxy) is 2. The minimum Gasteiger partial charge on any atom is -0.423 e. The van der Waals surface area contributed by atoms with E-state index in [0.29, 0.717) is 22.6 Å². The zero-order chi connectivity index (χ0) is 21.6. The van der Waals surface area contributed by atoms with E-state index < -0.39 is 11.9 Å². The molecule has 0 atom stereocenters. The quantitative estimate of drug-likeness (QED) is 0.296. The summed E-state index contributed by atoms with van der Waals surface area (Å²) in [5, 5.41) is 0. The van der Waals surface area contributed by atoms with E-state index in [1.54, 1.807) is 48.5 Å². The van der Waals surface area contributed by atoms with Gasteiger partial charge >= 0.3 is 11.9 Å². The van der Waals surface area contributed by atoms with Gasteiger partial charge in [0.1, 0.15) is 11.5 Å². The van der Waals surface area contributed by atoms with Crippen LogP contribution in [0, 0.1) is 6.92 Å². The average Bonchev–Trinajstić information content (AvgIpc) is 2.82. The van der Waals surface area contributed by atoms with Crippen molar-refractivity contribution < 1.29 is 19.1 Å². The van der Waals surface area contributed by atoms with Crippen LogP contribution in [0.15, 0.2) is 103 Å². The summed E-state index contributed by atoms with van der Waals surface area (Å²) in [5.41, 5.74) is 3.91. The van der Waals surface area contributed by atoms with Crippen LogP contribution in [0.25, 0.3) is 11.1 Å². The molecule has 0 saturated carbocycles. The fraction of sp³-hybridized carbons (Fsp3) is 0.0370. The van der Waals surface area contributed by atoms with Gasteiger partial charge in [0.25, 0.3) is 0 Å². The van der Waals surface area contributed by atoms with E-state index in [1.165, 1.54) is 0 Å². The van der Waals surface area contributed by atoms with E-state index in [1.807, 2.05) is 61.5 Å². The lowest BCUT2D eigenvalue weighted by molar-refractivity contribution is 0.0720. The first-order chi connectivity index (χ1) is 15.1.